The Morgan fingerprint density at radius 2 is 1.62 bits per heavy atom. The van der Waals surface area contributed by atoms with Crippen LogP contribution in [0.1, 0.15) is 48.5 Å². The topological polar surface area (TPSA) is 18.5 Å². The first kappa shape index (κ1) is 12.9. The van der Waals surface area contributed by atoms with Crippen LogP contribution < -0.4 is 0 Å². The van der Waals surface area contributed by atoms with Gasteiger partial charge in [0.25, 0.3) is 0 Å². The Morgan fingerprint density at radius 3 is 1.77 bits per heavy atom. The van der Waals surface area contributed by atoms with Crippen LogP contribution in [0.25, 0.3) is 0 Å². The Hall–Kier alpha value is -0.0800. The largest absolute Gasteiger partial charge is 0.348 e. The molecule has 0 radical (unpaired) electrons. The van der Waals surface area contributed by atoms with Crippen LogP contribution >= 0.6 is 0 Å². The maximum Gasteiger partial charge on any atom is 0.163 e. The molecule has 2 heteroatoms. The molecule has 80 valence electrons. The number of rotatable bonds is 0. The van der Waals surface area contributed by atoms with Gasteiger partial charge in [0.15, 0.2) is 5.79 Å². The van der Waals surface area contributed by atoms with E-state index in [4.69, 9.17) is 9.47 Å². The minimum absolute atomic E-state index is 0.188. The van der Waals surface area contributed by atoms with E-state index in [9.17, 15) is 0 Å². The number of ether oxygens (including phenoxy) is 2. The molecule has 0 saturated carbocycles. The van der Waals surface area contributed by atoms with Crippen molar-refractivity contribution in [3.05, 3.63) is 0 Å². The molecule has 0 spiro atoms. The van der Waals surface area contributed by atoms with Crippen molar-refractivity contribution in [2.45, 2.75) is 60.4 Å². The third kappa shape index (κ3) is 4.10. The van der Waals surface area contributed by atoms with Gasteiger partial charge in [-0.25, -0.2) is 0 Å². The second kappa shape index (κ2) is 4.43. The maximum absolute atomic E-state index is 5.69. The fourth-order valence-electron chi connectivity index (χ4n) is 1.11. The van der Waals surface area contributed by atoms with Gasteiger partial charge in [0.05, 0.1) is 12.7 Å². The summed E-state index contributed by atoms with van der Waals surface area (Å²) in [4.78, 5) is 0. The normalized spacial score (nSPS) is 26.5. The molecular weight excluding hydrogens is 164 g/mol. The lowest BCUT2D eigenvalue weighted by Gasteiger charge is -2.26. The maximum atomic E-state index is 5.69. The molecule has 0 bridgehead atoms. The summed E-state index contributed by atoms with van der Waals surface area (Å²) in [5.74, 6) is -0.377. The molecule has 1 atom stereocenters. The van der Waals surface area contributed by atoms with Crippen molar-refractivity contribution in [3.8, 4) is 0 Å². The quantitative estimate of drug-likeness (QED) is 0.581. The number of hydrogen-bond donors (Lipinski definition) is 0. The van der Waals surface area contributed by atoms with Crippen LogP contribution in [0.5, 0.6) is 0 Å². The van der Waals surface area contributed by atoms with E-state index in [1.54, 1.807) is 0 Å². The summed E-state index contributed by atoms with van der Waals surface area (Å²) in [7, 11) is 0. The summed E-state index contributed by atoms with van der Waals surface area (Å²) in [5, 5.41) is 0. The van der Waals surface area contributed by atoms with Crippen molar-refractivity contribution >= 4 is 0 Å². The summed E-state index contributed by atoms with van der Waals surface area (Å²) >= 11 is 0. The monoisotopic (exact) mass is 188 g/mol. The van der Waals surface area contributed by atoms with Crippen LogP contribution in [0.15, 0.2) is 0 Å². The lowest BCUT2D eigenvalue weighted by Crippen LogP contribution is -2.30. The Labute approximate surface area is 82.6 Å². The highest BCUT2D eigenvalue weighted by atomic mass is 16.7. The molecule has 1 aliphatic heterocycles. The molecule has 1 aliphatic rings. The third-order valence-electron chi connectivity index (χ3n) is 1.97. The van der Waals surface area contributed by atoms with E-state index in [1.807, 2.05) is 27.7 Å². The first-order chi connectivity index (χ1) is 5.81. The van der Waals surface area contributed by atoms with Gasteiger partial charge in [-0.3, -0.25) is 0 Å². The first-order valence-electron chi connectivity index (χ1n) is 5.13. The SMILES string of the molecule is CC.CC1(C)OCC(C(C)(C)C)O1. The highest BCUT2D eigenvalue weighted by molar-refractivity contribution is 4.80. The second-order valence-electron chi connectivity index (χ2n) is 4.68. The molecule has 0 aromatic rings. The van der Waals surface area contributed by atoms with Crippen molar-refractivity contribution in [3.63, 3.8) is 0 Å². The smallest absolute Gasteiger partial charge is 0.163 e. The van der Waals surface area contributed by atoms with Gasteiger partial charge in [-0.2, -0.15) is 0 Å². The van der Waals surface area contributed by atoms with Gasteiger partial charge in [-0.05, 0) is 19.3 Å². The molecule has 0 aliphatic carbocycles. The Bertz CT molecular complexity index is 145. The van der Waals surface area contributed by atoms with E-state index >= 15 is 0 Å². The predicted molar refractivity (Wildman–Crippen MR) is 55.7 cm³/mol. The number of hydrogen-bond acceptors (Lipinski definition) is 2. The first-order valence-corrected chi connectivity index (χ1v) is 5.13. The van der Waals surface area contributed by atoms with E-state index in [2.05, 4.69) is 20.8 Å². The third-order valence-corrected chi connectivity index (χ3v) is 1.97. The molecule has 1 rings (SSSR count). The molecule has 2 nitrogen and oxygen atoms in total. The summed E-state index contributed by atoms with van der Waals surface area (Å²) in [5.41, 5.74) is 0.188. The van der Waals surface area contributed by atoms with Gasteiger partial charge in [0.1, 0.15) is 0 Å². The van der Waals surface area contributed by atoms with E-state index in [0.717, 1.165) is 6.61 Å². The van der Waals surface area contributed by atoms with Crippen LogP contribution in [-0.2, 0) is 9.47 Å². The lowest BCUT2D eigenvalue weighted by molar-refractivity contribution is -0.150. The summed E-state index contributed by atoms with van der Waals surface area (Å²) in [6, 6.07) is 0. The Kier molecular flexibility index (Phi) is 4.40. The molecule has 0 aromatic heterocycles. The molecule has 0 N–H and O–H groups in total. The molecule has 1 saturated heterocycles. The molecule has 1 fully saturated rings. The zero-order valence-corrected chi connectivity index (χ0v) is 10.1. The van der Waals surface area contributed by atoms with Crippen molar-refractivity contribution < 1.29 is 9.47 Å². The van der Waals surface area contributed by atoms with Crippen LogP contribution in [0.3, 0.4) is 0 Å². The average molecular weight is 188 g/mol. The summed E-state index contributed by atoms with van der Waals surface area (Å²) < 4.78 is 11.1. The fourth-order valence-corrected chi connectivity index (χ4v) is 1.11. The summed E-state index contributed by atoms with van der Waals surface area (Å²) in [6.45, 7) is 15.1. The van der Waals surface area contributed by atoms with Crippen molar-refractivity contribution in [2.24, 2.45) is 5.41 Å². The van der Waals surface area contributed by atoms with E-state index < -0.39 is 0 Å². The average Bonchev–Trinajstić information content (AvgIpc) is 2.33. The van der Waals surface area contributed by atoms with Gasteiger partial charge < -0.3 is 9.47 Å². The Morgan fingerprint density at radius 1 is 1.15 bits per heavy atom. The van der Waals surface area contributed by atoms with Gasteiger partial charge in [0.2, 0.25) is 0 Å². The van der Waals surface area contributed by atoms with Gasteiger partial charge in [-0.1, -0.05) is 34.6 Å². The molecule has 0 amide bonds. The van der Waals surface area contributed by atoms with Crippen LogP contribution in [0, 0.1) is 5.41 Å². The van der Waals surface area contributed by atoms with Gasteiger partial charge in [0, 0.05) is 0 Å². The van der Waals surface area contributed by atoms with E-state index in [1.165, 1.54) is 0 Å². The van der Waals surface area contributed by atoms with E-state index in [0.29, 0.717) is 0 Å². The van der Waals surface area contributed by atoms with Crippen molar-refractivity contribution in [2.75, 3.05) is 6.61 Å². The van der Waals surface area contributed by atoms with Gasteiger partial charge >= 0.3 is 0 Å². The minimum Gasteiger partial charge on any atom is -0.348 e. The van der Waals surface area contributed by atoms with Gasteiger partial charge in [-0.15, -0.1) is 0 Å². The van der Waals surface area contributed by atoms with Crippen LogP contribution in [-0.4, -0.2) is 18.5 Å². The standard InChI is InChI=1S/C9H18O2.C2H6/c1-8(2,3)7-6-10-9(4,5)11-7;1-2/h7H,6H2,1-5H3;1-2H3. The van der Waals surface area contributed by atoms with Crippen molar-refractivity contribution in [1.82, 2.24) is 0 Å². The minimum atomic E-state index is -0.377. The highest BCUT2D eigenvalue weighted by Crippen LogP contribution is 2.32. The summed E-state index contributed by atoms with van der Waals surface area (Å²) in [6.07, 6.45) is 0.234. The van der Waals surface area contributed by atoms with Crippen LogP contribution in [0.4, 0.5) is 0 Å². The molecular formula is C11H24O2. The lowest BCUT2D eigenvalue weighted by atomic mass is 9.90. The molecule has 1 unspecified atom stereocenters. The van der Waals surface area contributed by atoms with Crippen LogP contribution in [0.2, 0.25) is 0 Å². The zero-order valence-electron chi connectivity index (χ0n) is 10.1. The van der Waals surface area contributed by atoms with E-state index in [-0.39, 0.29) is 17.3 Å². The molecule has 13 heavy (non-hydrogen) atoms. The predicted octanol–water partition coefficient (Wildman–Crippen LogP) is 3.21. The van der Waals surface area contributed by atoms with Crippen molar-refractivity contribution in [1.29, 1.82) is 0 Å². The fraction of sp³-hybridized carbons (Fsp3) is 1.00. The molecule has 0 aromatic carbocycles. The zero-order chi connectivity index (χ0) is 10.7. The molecule has 1 heterocycles. The highest BCUT2D eigenvalue weighted by Gasteiger charge is 2.38. The second-order valence-corrected chi connectivity index (χ2v) is 4.68. The Balaban J connectivity index is 0.000000671.